The molecule has 5 nitrogen and oxygen atoms in total. The zero-order valence-electron chi connectivity index (χ0n) is 10.8. The normalized spacial score (nSPS) is 18.5. The van der Waals surface area contributed by atoms with Gasteiger partial charge in [0.15, 0.2) is 0 Å². The molecule has 1 aromatic rings. The summed E-state index contributed by atoms with van der Waals surface area (Å²) in [5.74, 6) is 1.80. The molecule has 7 heteroatoms. The summed E-state index contributed by atoms with van der Waals surface area (Å²) >= 11 is 1.75. The lowest BCUT2D eigenvalue weighted by Gasteiger charge is -2.10. The molecule has 1 atom stereocenters. The van der Waals surface area contributed by atoms with Crippen LogP contribution < -0.4 is 10.6 Å². The first-order valence-corrected chi connectivity index (χ1v) is 6.83. The second-order valence-electron chi connectivity index (χ2n) is 4.26. The lowest BCUT2D eigenvalue weighted by atomic mass is 10.2. The molecule has 0 bridgehead atoms. The van der Waals surface area contributed by atoms with Gasteiger partial charge >= 0.3 is 0 Å². The Kier molecular flexibility index (Phi) is 5.49. The van der Waals surface area contributed by atoms with E-state index in [1.165, 1.54) is 0 Å². The maximum atomic E-state index is 11.8. The number of aromatic nitrogens is 2. The number of amides is 1. The zero-order valence-corrected chi connectivity index (χ0v) is 12.5. The van der Waals surface area contributed by atoms with E-state index in [0.29, 0.717) is 6.54 Å². The Labute approximate surface area is 117 Å². The highest BCUT2D eigenvalue weighted by Crippen LogP contribution is 2.12. The molecule has 1 aliphatic rings. The molecule has 1 amide bonds. The number of rotatable bonds is 3. The van der Waals surface area contributed by atoms with Gasteiger partial charge in [-0.25, -0.2) is 0 Å². The molecule has 1 aliphatic heterocycles. The second-order valence-corrected chi connectivity index (χ2v) is 5.29. The van der Waals surface area contributed by atoms with E-state index >= 15 is 0 Å². The van der Waals surface area contributed by atoms with Crippen LogP contribution in [0.2, 0.25) is 0 Å². The second kappa shape index (κ2) is 6.45. The van der Waals surface area contributed by atoms with Crippen molar-refractivity contribution in [2.45, 2.75) is 26.4 Å². The van der Waals surface area contributed by atoms with Crippen LogP contribution in [0.15, 0.2) is 0 Å². The van der Waals surface area contributed by atoms with Crippen molar-refractivity contribution in [3.8, 4) is 0 Å². The molecule has 0 aromatic carbocycles. The maximum Gasteiger partial charge on any atom is 0.238 e. The van der Waals surface area contributed by atoms with Crippen molar-refractivity contribution in [3.63, 3.8) is 0 Å². The Bertz CT molecular complexity index is 429. The number of hydrogen-bond donors (Lipinski definition) is 2. The van der Waals surface area contributed by atoms with Crippen molar-refractivity contribution in [2.24, 2.45) is 7.05 Å². The summed E-state index contributed by atoms with van der Waals surface area (Å²) in [6, 6.07) is -0.0442. The number of hydrogen-bond acceptors (Lipinski definition) is 4. The van der Waals surface area contributed by atoms with Crippen molar-refractivity contribution in [1.29, 1.82) is 0 Å². The summed E-state index contributed by atoms with van der Waals surface area (Å²) in [4.78, 5) is 11.8. The van der Waals surface area contributed by atoms with Crippen molar-refractivity contribution < 1.29 is 4.79 Å². The van der Waals surface area contributed by atoms with Gasteiger partial charge < -0.3 is 5.32 Å². The van der Waals surface area contributed by atoms with Crippen LogP contribution in [-0.2, 0) is 18.4 Å². The van der Waals surface area contributed by atoms with Crippen LogP contribution in [-0.4, -0.2) is 33.4 Å². The largest absolute Gasteiger partial charge is 0.351 e. The molecule has 1 fully saturated rings. The lowest BCUT2D eigenvalue weighted by Crippen LogP contribution is -2.41. The van der Waals surface area contributed by atoms with Crippen molar-refractivity contribution >= 4 is 30.1 Å². The molecule has 2 N–H and O–H groups in total. The van der Waals surface area contributed by atoms with Gasteiger partial charge in [0.2, 0.25) is 5.91 Å². The number of nitrogens with one attached hydrogen (secondary N) is 2. The monoisotopic (exact) mass is 290 g/mol. The Balaban J connectivity index is 0.00000162. The Hall–Kier alpha value is -0.720. The van der Waals surface area contributed by atoms with Crippen LogP contribution in [0.25, 0.3) is 0 Å². The average molecular weight is 291 g/mol. The fraction of sp³-hybridized carbons (Fsp3) is 0.636. The SMILES string of the molecule is Cc1nn(C)c(C)c1CNC(=O)C1CSCN1.Cl. The Morgan fingerprint density at radius 3 is 2.83 bits per heavy atom. The van der Waals surface area contributed by atoms with Crippen molar-refractivity contribution in [3.05, 3.63) is 17.0 Å². The van der Waals surface area contributed by atoms with Gasteiger partial charge in [0.05, 0.1) is 11.7 Å². The maximum absolute atomic E-state index is 11.8. The lowest BCUT2D eigenvalue weighted by molar-refractivity contribution is -0.122. The summed E-state index contributed by atoms with van der Waals surface area (Å²) in [7, 11) is 1.92. The minimum Gasteiger partial charge on any atom is -0.351 e. The number of carbonyl (C=O) groups excluding carboxylic acids is 1. The van der Waals surface area contributed by atoms with E-state index in [2.05, 4.69) is 15.7 Å². The van der Waals surface area contributed by atoms with Gasteiger partial charge in [-0.15, -0.1) is 24.2 Å². The van der Waals surface area contributed by atoms with Crippen LogP contribution in [0.3, 0.4) is 0 Å². The van der Waals surface area contributed by atoms with E-state index in [1.807, 2.05) is 25.6 Å². The van der Waals surface area contributed by atoms with Gasteiger partial charge in [0, 0.05) is 36.5 Å². The van der Waals surface area contributed by atoms with Crippen LogP contribution in [0.1, 0.15) is 17.0 Å². The summed E-state index contributed by atoms with van der Waals surface area (Å²) in [5, 5.41) is 10.5. The number of carbonyl (C=O) groups is 1. The Morgan fingerprint density at radius 1 is 1.61 bits per heavy atom. The molecule has 0 radical (unpaired) electrons. The van der Waals surface area contributed by atoms with Crippen LogP contribution in [0.5, 0.6) is 0 Å². The minimum absolute atomic E-state index is 0. The van der Waals surface area contributed by atoms with Gasteiger partial charge in [-0.1, -0.05) is 0 Å². The van der Waals surface area contributed by atoms with Crippen LogP contribution >= 0.6 is 24.2 Å². The first-order chi connectivity index (χ1) is 8.09. The molecule has 18 heavy (non-hydrogen) atoms. The van der Waals surface area contributed by atoms with Crippen molar-refractivity contribution in [2.75, 3.05) is 11.6 Å². The van der Waals surface area contributed by atoms with E-state index in [1.54, 1.807) is 11.8 Å². The first-order valence-electron chi connectivity index (χ1n) is 5.67. The molecule has 0 saturated carbocycles. The zero-order chi connectivity index (χ0) is 12.4. The van der Waals surface area contributed by atoms with Crippen LogP contribution in [0, 0.1) is 13.8 Å². The molecular formula is C11H19ClN4OS. The third-order valence-corrected chi connectivity index (χ3v) is 4.07. The molecule has 2 rings (SSSR count). The fourth-order valence-electron chi connectivity index (χ4n) is 1.94. The average Bonchev–Trinajstić information content (AvgIpc) is 2.88. The number of nitrogens with zero attached hydrogens (tertiary/aromatic N) is 2. The van der Waals surface area contributed by atoms with Crippen molar-refractivity contribution in [1.82, 2.24) is 20.4 Å². The molecule has 2 heterocycles. The molecule has 0 spiro atoms. The van der Waals surface area contributed by atoms with E-state index in [9.17, 15) is 4.79 Å². The van der Waals surface area contributed by atoms with Gasteiger partial charge in [-0.05, 0) is 13.8 Å². The molecule has 0 aliphatic carbocycles. The predicted molar refractivity (Wildman–Crippen MR) is 76.0 cm³/mol. The topological polar surface area (TPSA) is 59.0 Å². The number of halogens is 1. The van der Waals surface area contributed by atoms with E-state index in [4.69, 9.17) is 0 Å². The molecule has 1 saturated heterocycles. The summed E-state index contributed by atoms with van der Waals surface area (Å²) in [6.07, 6.45) is 0. The first kappa shape index (κ1) is 15.3. The summed E-state index contributed by atoms with van der Waals surface area (Å²) < 4.78 is 1.85. The quantitative estimate of drug-likeness (QED) is 0.862. The molecular weight excluding hydrogens is 272 g/mol. The van der Waals surface area contributed by atoms with E-state index < -0.39 is 0 Å². The van der Waals surface area contributed by atoms with Gasteiger partial charge in [-0.2, -0.15) is 5.10 Å². The molecule has 1 aromatic heterocycles. The third-order valence-electron chi connectivity index (χ3n) is 3.13. The summed E-state index contributed by atoms with van der Waals surface area (Å²) in [5.41, 5.74) is 3.21. The highest BCUT2D eigenvalue weighted by molar-refractivity contribution is 7.99. The predicted octanol–water partition coefficient (Wildman–Crippen LogP) is 0.737. The van der Waals surface area contributed by atoms with Gasteiger partial charge in [0.1, 0.15) is 0 Å². The summed E-state index contributed by atoms with van der Waals surface area (Å²) in [6.45, 7) is 4.55. The van der Waals surface area contributed by atoms with Crippen LogP contribution in [0.4, 0.5) is 0 Å². The number of thioether (sulfide) groups is 1. The van der Waals surface area contributed by atoms with E-state index in [0.717, 1.165) is 28.6 Å². The number of aryl methyl sites for hydroxylation is 2. The van der Waals surface area contributed by atoms with Gasteiger partial charge in [0.25, 0.3) is 0 Å². The fourth-order valence-corrected chi connectivity index (χ4v) is 2.88. The third kappa shape index (κ3) is 3.18. The van der Waals surface area contributed by atoms with E-state index in [-0.39, 0.29) is 24.4 Å². The smallest absolute Gasteiger partial charge is 0.238 e. The Morgan fingerprint density at radius 2 is 2.33 bits per heavy atom. The standard InChI is InChI=1S/C11H18N4OS.ClH/c1-7-9(8(2)15(3)14-7)4-12-11(16)10-5-17-6-13-10;/h10,13H,4-6H2,1-3H3,(H,12,16);1H. The highest BCUT2D eigenvalue weighted by Gasteiger charge is 2.22. The minimum atomic E-state index is -0.0442. The van der Waals surface area contributed by atoms with Gasteiger partial charge in [-0.3, -0.25) is 14.8 Å². The molecule has 1 unspecified atom stereocenters. The highest BCUT2D eigenvalue weighted by atomic mass is 35.5. The molecule has 102 valence electrons.